The van der Waals surface area contributed by atoms with Gasteiger partial charge in [0, 0.05) is 17.9 Å². The lowest BCUT2D eigenvalue weighted by Crippen LogP contribution is -1.99. The van der Waals surface area contributed by atoms with E-state index in [1.54, 1.807) is 13.0 Å². The highest BCUT2D eigenvalue weighted by atomic mass is 32.1. The molecule has 1 aromatic heterocycles. The Morgan fingerprint density at radius 2 is 2.31 bits per heavy atom. The molecule has 0 fully saturated rings. The number of carbonyl (C=O) groups excluding carboxylic acids is 1. The van der Waals surface area contributed by atoms with Crippen LogP contribution < -0.4 is 0 Å². The Morgan fingerprint density at radius 1 is 1.56 bits per heavy atom. The van der Waals surface area contributed by atoms with Gasteiger partial charge in [0.25, 0.3) is 0 Å². The maximum Gasteiger partial charge on any atom is 0.363 e. The van der Waals surface area contributed by atoms with Gasteiger partial charge < -0.3 is 4.74 Å². The van der Waals surface area contributed by atoms with Crippen LogP contribution in [0.1, 0.15) is 11.8 Å². The highest BCUT2D eigenvalue weighted by Crippen LogP contribution is 2.27. The van der Waals surface area contributed by atoms with Crippen LogP contribution in [0.25, 0.3) is 6.08 Å². The lowest BCUT2D eigenvalue weighted by Gasteiger charge is -1.88. The van der Waals surface area contributed by atoms with Crippen molar-refractivity contribution in [3.63, 3.8) is 0 Å². The molecule has 2 heterocycles. The molecule has 0 amide bonds. The van der Waals surface area contributed by atoms with Gasteiger partial charge in [-0.05, 0) is 12.1 Å². The zero-order valence-electron chi connectivity index (χ0n) is 8.17. The summed E-state index contributed by atoms with van der Waals surface area (Å²) in [5.41, 5.74) is 0.161. The van der Waals surface area contributed by atoms with Crippen LogP contribution in [0.3, 0.4) is 0 Å². The van der Waals surface area contributed by atoms with E-state index in [2.05, 4.69) is 4.99 Å². The van der Waals surface area contributed by atoms with Crippen LogP contribution >= 0.6 is 11.3 Å². The van der Waals surface area contributed by atoms with Crippen molar-refractivity contribution < 1.29 is 14.5 Å². The topological polar surface area (TPSA) is 81.8 Å². The molecular formula is C9H6N2O4S. The van der Waals surface area contributed by atoms with Gasteiger partial charge in [0.05, 0.1) is 4.92 Å². The summed E-state index contributed by atoms with van der Waals surface area (Å²) in [6.07, 6.45) is 1.47. The van der Waals surface area contributed by atoms with Crippen LogP contribution in [0.15, 0.2) is 22.8 Å². The van der Waals surface area contributed by atoms with Gasteiger partial charge in [-0.25, -0.2) is 9.79 Å². The summed E-state index contributed by atoms with van der Waals surface area (Å²) in [4.78, 5) is 25.6. The second kappa shape index (κ2) is 3.86. The van der Waals surface area contributed by atoms with Crippen molar-refractivity contribution in [3.8, 4) is 0 Å². The molecule has 0 aliphatic carbocycles. The Labute approximate surface area is 94.0 Å². The van der Waals surface area contributed by atoms with E-state index in [0.717, 1.165) is 11.3 Å². The molecule has 0 radical (unpaired) electrons. The van der Waals surface area contributed by atoms with E-state index in [0.29, 0.717) is 4.88 Å². The van der Waals surface area contributed by atoms with Crippen LogP contribution in [0.4, 0.5) is 5.00 Å². The van der Waals surface area contributed by atoms with Crippen molar-refractivity contribution in [3.05, 3.63) is 32.8 Å². The fourth-order valence-corrected chi connectivity index (χ4v) is 1.93. The number of carbonyl (C=O) groups is 1. The average molecular weight is 238 g/mol. The summed E-state index contributed by atoms with van der Waals surface area (Å²) in [5, 5.41) is 10.5. The molecule has 0 bridgehead atoms. The van der Waals surface area contributed by atoms with Crippen molar-refractivity contribution in [2.75, 3.05) is 0 Å². The van der Waals surface area contributed by atoms with Crippen molar-refractivity contribution in [1.82, 2.24) is 0 Å². The van der Waals surface area contributed by atoms with E-state index in [1.165, 1.54) is 12.1 Å². The third-order valence-electron chi connectivity index (χ3n) is 1.80. The van der Waals surface area contributed by atoms with Gasteiger partial charge in [0.15, 0.2) is 11.6 Å². The van der Waals surface area contributed by atoms with Crippen molar-refractivity contribution in [1.29, 1.82) is 0 Å². The smallest absolute Gasteiger partial charge is 0.363 e. The minimum atomic E-state index is -0.534. The largest absolute Gasteiger partial charge is 0.407 e. The Morgan fingerprint density at radius 3 is 2.81 bits per heavy atom. The van der Waals surface area contributed by atoms with Crippen LogP contribution in [-0.4, -0.2) is 16.8 Å². The molecule has 0 atom stereocenters. The summed E-state index contributed by atoms with van der Waals surface area (Å²) in [6, 6.07) is 2.94. The van der Waals surface area contributed by atoms with E-state index in [4.69, 9.17) is 4.74 Å². The van der Waals surface area contributed by atoms with Crippen LogP contribution in [-0.2, 0) is 9.53 Å². The second-order valence-corrected chi connectivity index (χ2v) is 4.08. The van der Waals surface area contributed by atoms with E-state index in [9.17, 15) is 14.9 Å². The first-order valence-electron chi connectivity index (χ1n) is 4.29. The number of hydrogen-bond acceptors (Lipinski definition) is 6. The number of aliphatic imine (C=N–C) groups is 1. The first-order chi connectivity index (χ1) is 7.56. The number of nitrogens with zero attached hydrogens (tertiary/aromatic N) is 2. The Kier molecular flexibility index (Phi) is 2.53. The highest BCUT2D eigenvalue weighted by Gasteiger charge is 2.20. The maximum absolute atomic E-state index is 11.2. The summed E-state index contributed by atoms with van der Waals surface area (Å²) < 4.78 is 4.71. The van der Waals surface area contributed by atoms with E-state index in [1.807, 2.05) is 0 Å². The Bertz CT molecular complexity index is 529. The minimum Gasteiger partial charge on any atom is -0.407 e. The van der Waals surface area contributed by atoms with Gasteiger partial charge in [-0.3, -0.25) is 10.1 Å². The quantitative estimate of drug-likeness (QED) is 0.341. The summed E-state index contributed by atoms with van der Waals surface area (Å²) in [6.45, 7) is 1.57. The van der Waals surface area contributed by atoms with Crippen LogP contribution in [0.5, 0.6) is 0 Å². The summed E-state index contributed by atoms with van der Waals surface area (Å²) >= 11 is 0.979. The first-order valence-corrected chi connectivity index (χ1v) is 5.11. The highest BCUT2D eigenvalue weighted by molar-refractivity contribution is 7.16. The standard InChI is InChI=1S/C9H6N2O4S/c1-5-10-7(9(12)15-5)4-6-2-3-8(16-6)11(13)14/h2-4H,1H3/b7-4-. The SMILES string of the molecule is CC1=N/C(=C\c2ccc([N+](=O)[O-])s2)C(=O)O1. The number of nitro groups is 1. The Balaban J connectivity index is 2.29. The van der Waals surface area contributed by atoms with Crippen LogP contribution in [0.2, 0.25) is 0 Å². The number of cyclic esters (lactones) is 1. The van der Waals surface area contributed by atoms with Crippen molar-refractivity contribution >= 4 is 34.3 Å². The van der Waals surface area contributed by atoms with Gasteiger partial charge >= 0.3 is 11.0 Å². The molecule has 0 saturated heterocycles. The molecule has 7 heteroatoms. The number of esters is 1. The number of thiophene rings is 1. The van der Waals surface area contributed by atoms with E-state index in [-0.39, 0.29) is 16.6 Å². The zero-order valence-corrected chi connectivity index (χ0v) is 8.98. The number of rotatable bonds is 2. The monoisotopic (exact) mass is 238 g/mol. The second-order valence-electron chi connectivity index (χ2n) is 2.98. The molecule has 1 aliphatic heterocycles. The normalized spacial score (nSPS) is 17.4. The number of ether oxygens (including phenoxy) is 1. The van der Waals surface area contributed by atoms with Gasteiger partial charge in [-0.1, -0.05) is 11.3 Å². The first kappa shape index (κ1) is 10.5. The molecule has 0 saturated carbocycles. The van der Waals surface area contributed by atoms with Crippen molar-refractivity contribution in [2.24, 2.45) is 4.99 Å². The molecule has 1 aliphatic rings. The lowest BCUT2D eigenvalue weighted by molar-refractivity contribution is -0.380. The minimum absolute atomic E-state index is 0.0268. The Hall–Kier alpha value is -2.02. The fourth-order valence-electron chi connectivity index (χ4n) is 1.17. The van der Waals surface area contributed by atoms with Gasteiger partial charge in [-0.15, -0.1) is 0 Å². The zero-order chi connectivity index (χ0) is 11.7. The molecule has 0 unspecified atom stereocenters. The molecule has 2 rings (SSSR count). The molecule has 0 aromatic carbocycles. The molecular weight excluding hydrogens is 232 g/mol. The number of hydrogen-bond donors (Lipinski definition) is 0. The molecule has 1 aromatic rings. The van der Waals surface area contributed by atoms with E-state index < -0.39 is 10.9 Å². The maximum atomic E-state index is 11.2. The molecule has 6 nitrogen and oxygen atoms in total. The predicted octanol–water partition coefficient (Wildman–Crippen LogP) is 1.97. The third-order valence-corrected chi connectivity index (χ3v) is 2.78. The van der Waals surface area contributed by atoms with Gasteiger partial charge in [0.1, 0.15) is 0 Å². The average Bonchev–Trinajstić information content (AvgIpc) is 2.75. The fraction of sp³-hybridized carbons (Fsp3) is 0.111. The summed E-state index contributed by atoms with van der Waals surface area (Å²) in [5.74, 6) is -0.254. The van der Waals surface area contributed by atoms with Crippen molar-refractivity contribution in [2.45, 2.75) is 6.92 Å². The lowest BCUT2D eigenvalue weighted by atomic mass is 10.3. The summed E-state index contributed by atoms with van der Waals surface area (Å²) in [7, 11) is 0. The molecule has 16 heavy (non-hydrogen) atoms. The van der Waals surface area contributed by atoms with E-state index >= 15 is 0 Å². The van der Waals surface area contributed by atoms with Gasteiger partial charge in [-0.2, -0.15) is 0 Å². The molecule has 0 spiro atoms. The van der Waals surface area contributed by atoms with Gasteiger partial charge in [0.2, 0.25) is 0 Å². The molecule has 82 valence electrons. The van der Waals surface area contributed by atoms with Crippen LogP contribution in [0, 0.1) is 10.1 Å². The molecule has 0 N–H and O–H groups in total. The third kappa shape index (κ3) is 1.98. The predicted molar refractivity (Wildman–Crippen MR) is 58.2 cm³/mol.